The molecule has 0 fully saturated rings. The fraction of sp³-hybridized carbons (Fsp3) is 0.400. The van der Waals surface area contributed by atoms with Crippen LogP contribution >= 0.6 is 0 Å². The number of hydrogen-bond donors (Lipinski definition) is 0. The average Bonchev–Trinajstić information content (AvgIpc) is 2.52. The van der Waals surface area contributed by atoms with Crippen molar-refractivity contribution < 1.29 is 0 Å². The van der Waals surface area contributed by atoms with Crippen LogP contribution < -0.4 is 0 Å². The largest absolute Gasteiger partial charge is 0.235 e. The lowest BCUT2D eigenvalue weighted by molar-refractivity contribution is 0.587. The van der Waals surface area contributed by atoms with Gasteiger partial charge in [0, 0.05) is 0 Å². The number of rotatable bonds is 1. The first-order chi connectivity index (χ1) is 11.0. The molecule has 0 N–H and O–H groups in total. The Morgan fingerprint density at radius 3 is 1.25 bits per heavy atom. The monoisotopic (exact) mass is 318 g/mol. The first kappa shape index (κ1) is 17.6. The summed E-state index contributed by atoms with van der Waals surface area (Å²) in [5, 5.41) is 18.6. The Morgan fingerprint density at radius 2 is 1.00 bits per heavy atom. The number of hydrogen-bond acceptors (Lipinski definition) is 4. The van der Waals surface area contributed by atoms with E-state index in [0.717, 1.165) is 11.1 Å². The standard InChI is InChI=1S/C20H22N4/c1-19(2,3)13-7-15(11-21)23-17(9-13)18-10-14(20(4,5)6)8-16(12-22)24-18/h7-10H,1-6H3. The lowest BCUT2D eigenvalue weighted by atomic mass is 9.85. The Labute approximate surface area is 143 Å². The molecule has 2 aromatic heterocycles. The molecule has 0 saturated heterocycles. The molecule has 0 bridgehead atoms. The lowest BCUT2D eigenvalue weighted by Crippen LogP contribution is -2.14. The van der Waals surface area contributed by atoms with Gasteiger partial charge in [-0.1, -0.05) is 41.5 Å². The van der Waals surface area contributed by atoms with Crippen LogP contribution in [0.15, 0.2) is 24.3 Å². The Bertz CT molecular complexity index is 780. The molecule has 0 amide bonds. The molecule has 0 radical (unpaired) electrons. The quantitative estimate of drug-likeness (QED) is 0.777. The van der Waals surface area contributed by atoms with Crippen LogP contribution in [0.3, 0.4) is 0 Å². The van der Waals surface area contributed by atoms with Crippen molar-refractivity contribution in [3.8, 4) is 23.5 Å². The third-order valence-corrected chi connectivity index (χ3v) is 3.87. The van der Waals surface area contributed by atoms with Crippen molar-refractivity contribution in [2.24, 2.45) is 0 Å². The molecular formula is C20H22N4. The Morgan fingerprint density at radius 1 is 0.667 bits per heavy atom. The van der Waals surface area contributed by atoms with E-state index in [1.165, 1.54) is 0 Å². The summed E-state index contributed by atoms with van der Waals surface area (Å²) in [7, 11) is 0. The zero-order chi connectivity index (χ0) is 18.1. The highest BCUT2D eigenvalue weighted by molar-refractivity contribution is 5.59. The summed E-state index contributed by atoms with van der Waals surface area (Å²) in [5.74, 6) is 0. The second kappa shape index (κ2) is 6.06. The van der Waals surface area contributed by atoms with E-state index in [4.69, 9.17) is 0 Å². The molecule has 0 aromatic carbocycles. The molecule has 4 nitrogen and oxygen atoms in total. The maximum absolute atomic E-state index is 9.30. The van der Waals surface area contributed by atoms with Gasteiger partial charge in [0.1, 0.15) is 23.5 Å². The molecule has 2 rings (SSSR count). The summed E-state index contributed by atoms with van der Waals surface area (Å²) < 4.78 is 0. The minimum atomic E-state index is -0.108. The van der Waals surface area contributed by atoms with Crippen LogP contribution in [0, 0.1) is 22.7 Å². The average molecular weight is 318 g/mol. The number of aromatic nitrogens is 2. The molecule has 0 aliphatic carbocycles. The highest BCUT2D eigenvalue weighted by atomic mass is 14.8. The molecule has 0 aliphatic rings. The van der Waals surface area contributed by atoms with Crippen molar-refractivity contribution in [1.29, 1.82) is 10.5 Å². The van der Waals surface area contributed by atoms with Crippen molar-refractivity contribution >= 4 is 0 Å². The predicted octanol–water partition coefficient (Wildman–Crippen LogP) is 4.48. The Hall–Kier alpha value is -2.72. The van der Waals surface area contributed by atoms with Gasteiger partial charge < -0.3 is 0 Å². The molecule has 2 heterocycles. The maximum Gasteiger partial charge on any atom is 0.141 e. The summed E-state index contributed by atoms with van der Waals surface area (Å²) >= 11 is 0. The first-order valence-corrected chi connectivity index (χ1v) is 7.90. The minimum absolute atomic E-state index is 0.108. The van der Waals surface area contributed by atoms with Crippen LogP contribution in [0.5, 0.6) is 0 Å². The summed E-state index contributed by atoms with van der Waals surface area (Å²) in [6, 6.07) is 11.8. The van der Waals surface area contributed by atoms with Crippen LogP contribution in [0.4, 0.5) is 0 Å². The van der Waals surface area contributed by atoms with Gasteiger partial charge in [-0.3, -0.25) is 0 Å². The first-order valence-electron chi connectivity index (χ1n) is 7.90. The predicted molar refractivity (Wildman–Crippen MR) is 94.3 cm³/mol. The normalized spacial score (nSPS) is 11.7. The van der Waals surface area contributed by atoms with E-state index in [-0.39, 0.29) is 10.8 Å². The van der Waals surface area contributed by atoms with E-state index in [9.17, 15) is 10.5 Å². The fourth-order valence-corrected chi connectivity index (χ4v) is 2.30. The molecule has 4 heteroatoms. The van der Waals surface area contributed by atoms with Crippen molar-refractivity contribution in [2.75, 3.05) is 0 Å². The van der Waals surface area contributed by atoms with Crippen LogP contribution in [-0.2, 0) is 10.8 Å². The summed E-state index contributed by atoms with van der Waals surface area (Å²) in [6.45, 7) is 12.5. The molecule has 24 heavy (non-hydrogen) atoms. The molecule has 0 spiro atoms. The van der Waals surface area contributed by atoms with Crippen LogP contribution in [0.2, 0.25) is 0 Å². The van der Waals surface area contributed by atoms with Gasteiger partial charge >= 0.3 is 0 Å². The number of nitrogens with zero attached hydrogens (tertiary/aromatic N) is 4. The highest BCUT2D eigenvalue weighted by Crippen LogP contribution is 2.30. The summed E-state index contributed by atoms with van der Waals surface area (Å²) in [4.78, 5) is 8.80. The number of pyridine rings is 2. The Balaban J connectivity index is 2.73. The lowest BCUT2D eigenvalue weighted by Gasteiger charge is -2.21. The van der Waals surface area contributed by atoms with Gasteiger partial charge in [0.25, 0.3) is 0 Å². The fourth-order valence-electron chi connectivity index (χ4n) is 2.30. The summed E-state index contributed by atoms with van der Waals surface area (Å²) in [5.41, 5.74) is 3.79. The van der Waals surface area contributed by atoms with Gasteiger partial charge in [-0.2, -0.15) is 10.5 Å². The smallest absolute Gasteiger partial charge is 0.141 e. The van der Waals surface area contributed by atoms with Crippen molar-refractivity contribution in [1.82, 2.24) is 9.97 Å². The van der Waals surface area contributed by atoms with Gasteiger partial charge in [-0.05, 0) is 46.2 Å². The number of nitriles is 2. The maximum atomic E-state index is 9.30. The van der Waals surface area contributed by atoms with Gasteiger partial charge in [0.2, 0.25) is 0 Å². The molecule has 0 aliphatic heterocycles. The molecule has 0 atom stereocenters. The van der Waals surface area contributed by atoms with E-state index in [1.54, 1.807) is 0 Å². The Kier molecular flexibility index (Phi) is 4.45. The zero-order valence-corrected chi connectivity index (χ0v) is 15.1. The SMILES string of the molecule is CC(C)(C)c1cc(C#N)nc(-c2cc(C(C)(C)C)cc(C#N)n2)c1. The van der Waals surface area contributed by atoms with Gasteiger partial charge in [-0.25, -0.2) is 9.97 Å². The highest BCUT2D eigenvalue weighted by Gasteiger charge is 2.20. The van der Waals surface area contributed by atoms with Crippen LogP contribution in [0.1, 0.15) is 64.1 Å². The van der Waals surface area contributed by atoms with E-state index in [2.05, 4.69) is 63.6 Å². The molecule has 0 saturated carbocycles. The van der Waals surface area contributed by atoms with E-state index >= 15 is 0 Å². The zero-order valence-electron chi connectivity index (χ0n) is 15.1. The molecule has 0 unspecified atom stereocenters. The van der Waals surface area contributed by atoms with Gasteiger partial charge in [-0.15, -0.1) is 0 Å². The van der Waals surface area contributed by atoms with Gasteiger partial charge in [0.15, 0.2) is 0 Å². The van der Waals surface area contributed by atoms with Crippen molar-refractivity contribution in [2.45, 2.75) is 52.4 Å². The van der Waals surface area contributed by atoms with Crippen molar-refractivity contribution in [3.63, 3.8) is 0 Å². The molecular weight excluding hydrogens is 296 g/mol. The minimum Gasteiger partial charge on any atom is -0.235 e. The van der Waals surface area contributed by atoms with E-state index in [1.807, 2.05) is 24.3 Å². The third kappa shape index (κ3) is 3.78. The van der Waals surface area contributed by atoms with E-state index < -0.39 is 0 Å². The topological polar surface area (TPSA) is 73.4 Å². The second-order valence-electron chi connectivity index (χ2n) is 7.98. The third-order valence-electron chi connectivity index (χ3n) is 3.87. The van der Waals surface area contributed by atoms with Crippen LogP contribution in [0.25, 0.3) is 11.4 Å². The molecule has 122 valence electrons. The molecule has 2 aromatic rings. The van der Waals surface area contributed by atoms with Crippen LogP contribution in [-0.4, -0.2) is 9.97 Å². The second-order valence-corrected chi connectivity index (χ2v) is 7.98. The van der Waals surface area contributed by atoms with Gasteiger partial charge in [0.05, 0.1) is 11.4 Å². The summed E-state index contributed by atoms with van der Waals surface area (Å²) in [6.07, 6.45) is 0. The van der Waals surface area contributed by atoms with E-state index in [0.29, 0.717) is 22.8 Å². The van der Waals surface area contributed by atoms with Crippen molar-refractivity contribution in [3.05, 3.63) is 46.8 Å².